The lowest BCUT2D eigenvalue weighted by Gasteiger charge is -2.11. The maximum Gasteiger partial charge on any atom is 0.266 e. The zero-order chi connectivity index (χ0) is 23.8. The molecule has 0 heterocycles. The fourth-order valence-electron chi connectivity index (χ4n) is 2.67. The molecular formula is C24H16BrClFN3O3. The molecule has 6 nitrogen and oxygen atoms in total. The molecule has 0 saturated heterocycles. The topological polar surface area (TPSA) is 91.2 Å². The van der Waals surface area contributed by atoms with Crippen LogP contribution in [-0.2, 0) is 9.59 Å². The summed E-state index contributed by atoms with van der Waals surface area (Å²) in [7, 11) is 0. The largest absolute Gasteiger partial charge is 0.483 e. The van der Waals surface area contributed by atoms with Crippen LogP contribution in [0.25, 0.3) is 6.08 Å². The second-order valence-electron chi connectivity index (χ2n) is 6.66. The van der Waals surface area contributed by atoms with Crippen molar-refractivity contribution in [2.75, 3.05) is 17.2 Å². The summed E-state index contributed by atoms with van der Waals surface area (Å²) < 4.78 is 19.4. The predicted molar refractivity (Wildman–Crippen MR) is 128 cm³/mol. The van der Waals surface area contributed by atoms with Crippen LogP contribution in [0.4, 0.5) is 15.8 Å². The third-order valence-electron chi connectivity index (χ3n) is 4.23. The van der Waals surface area contributed by atoms with Gasteiger partial charge in [0.2, 0.25) is 0 Å². The average molecular weight is 529 g/mol. The van der Waals surface area contributed by atoms with Crippen molar-refractivity contribution in [2.24, 2.45) is 0 Å². The number of benzene rings is 3. The number of amides is 2. The summed E-state index contributed by atoms with van der Waals surface area (Å²) in [5.41, 5.74) is 1.11. The lowest BCUT2D eigenvalue weighted by Crippen LogP contribution is -2.20. The van der Waals surface area contributed by atoms with Gasteiger partial charge in [-0.3, -0.25) is 9.59 Å². The van der Waals surface area contributed by atoms with Gasteiger partial charge in [-0.1, -0.05) is 27.5 Å². The normalized spacial score (nSPS) is 10.8. The monoisotopic (exact) mass is 527 g/mol. The number of carbonyl (C=O) groups excluding carboxylic acids is 2. The molecule has 0 spiro atoms. The molecule has 0 atom stereocenters. The van der Waals surface area contributed by atoms with Crippen molar-refractivity contribution in [3.8, 4) is 11.8 Å². The standard InChI is InChI=1S/C24H16BrClFN3O3/c25-17-1-10-22(33-14-23(31)29-20-6-2-18(26)3-7-20)15(12-17)11-16(13-28)24(32)30-21-8-4-19(27)5-9-21/h1-12H,14H2,(H,29,31)(H,30,32)/b16-11+. The van der Waals surface area contributed by atoms with Crippen LogP contribution in [0.3, 0.4) is 0 Å². The minimum absolute atomic E-state index is 0.201. The highest BCUT2D eigenvalue weighted by atomic mass is 79.9. The molecule has 2 amide bonds. The lowest BCUT2D eigenvalue weighted by atomic mass is 10.1. The summed E-state index contributed by atoms with van der Waals surface area (Å²) in [6, 6.07) is 18.6. The molecule has 0 aromatic heterocycles. The van der Waals surface area contributed by atoms with Gasteiger partial charge in [-0.15, -0.1) is 0 Å². The molecule has 3 rings (SSSR count). The number of rotatable bonds is 7. The Morgan fingerprint density at radius 3 is 2.33 bits per heavy atom. The number of anilines is 2. The summed E-state index contributed by atoms with van der Waals surface area (Å²) >= 11 is 9.18. The van der Waals surface area contributed by atoms with E-state index in [-0.39, 0.29) is 12.2 Å². The Kier molecular flexibility index (Phi) is 8.19. The minimum atomic E-state index is -0.671. The molecule has 0 aliphatic heterocycles. The summed E-state index contributed by atoms with van der Waals surface area (Å²) in [5, 5.41) is 15.2. The van der Waals surface area contributed by atoms with Gasteiger partial charge < -0.3 is 15.4 Å². The molecule has 0 unspecified atom stereocenters. The highest BCUT2D eigenvalue weighted by molar-refractivity contribution is 9.10. The average Bonchev–Trinajstić information content (AvgIpc) is 2.79. The highest BCUT2D eigenvalue weighted by Crippen LogP contribution is 2.26. The molecule has 166 valence electrons. The maximum atomic E-state index is 13.1. The van der Waals surface area contributed by atoms with Gasteiger partial charge in [0, 0.05) is 26.4 Å². The van der Waals surface area contributed by atoms with E-state index in [9.17, 15) is 19.2 Å². The lowest BCUT2D eigenvalue weighted by molar-refractivity contribution is -0.118. The van der Waals surface area contributed by atoms with Crippen LogP contribution in [0.2, 0.25) is 5.02 Å². The Bertz CT molecular complexity index is 1240. The van der Waals surface area contributed by atoms with Crippen LogP contribution in [0, 0.1) is 17.1 Å². The molecular weight excluding hydrogens is 513 g/mol. The fourth-order valence-corrected chi connectivity index (χ4v) is 3.18. The van der Waals surface area contributed by atoms with Crippen molar-refractivity contribution >= 4 is 56.8 Å². The number of nitrogens with one attached hydrogen (secondary N) is 2. The second kappa shape index (κ2) is 11.3. The number of nitrogens with zero attached hydrogens (tertiary/aromatic N) is 1. The summed E-state index contributed by atoms with van der Waals surface area (Å²) in [6.45, 7) is -0.297. The van der Waals surface area contributed by atoms with Crippen LogP contribution in [0.1, 0.15) is 5.56 Å². The molecule has 0 saturated carbocycles. The smallest absolute Gasteiger partial charge is 0.266 e. The third-order valence-corrected chi connectivity index (χ3v) is 4.97. The second-order valence-corrected chi connectivity index (χ2v) is 8.01. The van der Waals surface area contributed by atoms with Gasteiger partial charge in [0.15, 0.2) is 6.61 Å². The summed E-state index contributed by atoms with van der Waals surface area (Å²) in [4.78, 5) is 24.7. The van der Waals surface area contributed by atoms with Crippen molar-refractivity contribution in [1.82, 2.24) is 0 Å². The van der Waals surface area contributed by atoms with E-state index in [1.54, 1.807) is 42.5 Å². The first-order chi connectivity index (χ1) is 15.8. The minimum Gasteiger partial charge on any atom is -0.483 e. The van der Waals surface area contributed by atoms with Gasteiger partial charge in [-0.05, 0) is 72.8 Å². The van der Waals surface area contributed by atoms with E-state index in [4.69, 9.17) is 16.3 Å². The summed E-state index contributed by atoms with van der Waals surface area (Å²) in [6.07, 6.45) is 1.34. The Morgan fingerprint density at radius 1 is 1.03 bits per heavy atom. The first-order valence-corrected chi connectivity index (χ1v) is 10.7. The Hall–Kier alpha value is -3.67. The quantitative estimate of drug-likeness (QED) is 0.299. The predicted octanol–water partition coefficient (Wildman–Crippen LogP) is 5.80. The molecule has 3 aromatic carbocycles. The SMILES string of the molecule is N#C/C(=C\c1cc(Br)ccc1OCC(=O)Nc1ccc(Cl)cc1)C(=O)Nc1ccc(F)cc1. The van der Waals surface area contributed by atoms with Gasteiger partial charge in [0.1, 0.15) is 23.2 Å². The first-order valence-electron chi connectivity index (χ1n) is 9.50. The Balaban J connectivity index is 1.73. The molecule has 3 aromatic rings. The van der Waals surface area contributed by atoms with Crippen molar-refractivity contribution in [3.05, 3.63) is 93.2 Å². The van der Waals surface area contributed by atoms with Gasteiger partial charge in [-0.25, -0.2) is 4.39 Å². The number of ether oxygens (including phenoxy) is 1. The van der Waals surface area contributed by atoms with Crippen LogP contribution in [0.15, 0.2) is 76.8 Å². The van der Waals surface area contributed by atoms with Crippen molar-refractivity contribution in [3.63, 3.8) is 0 Å². The number of halogens is 3. The van der Waals surface area contributed by atoms with Crippen LogP contribution >= 0.6 is 27.5 Å². The van der Waals surface area contributed by atoms with Gasteiger partial charge in [-0.2, -0.15) is 5.26 Å². The fraction of sp³-hybridized carbons (Fsp3) is 0.0417. The molecule has 0 fully saturated rings. The summed E-state index contributed by atoms with van der Waals surface area (Å²) in [5.74, 6) is -1.22. The van der Waals surface area contributed by atoms with Gasteiger partial charge in [0.05, 0.1) is 0 Å². The van der Waals surface area contributed by atoms with Crippen LogP contribution in [0.5, 0.6) is 5.75 Å². The number of hydrogen-bond acceptors (Lipinski definition) is 4. The molecule has 9 heteroatoms. The van der Waals surface area contributed by atoms with Crippen molar-refractivity contribution in [2.45, 2.75) is 0 Å². The van der Waals surface area contributed by atoms with Crippen LogP contribution < -0.4 is 15.4 Å². The number of hydrogen-bond donors (Lipinski definition) is 2. The first kappa shape index (κ1) is 24.0. The van der Waals surface area contributed by atoms with E-state index in [0.717, 1.165) is 0 Å². The number of carbonyl (C=O) groups is 2. The molecule has 0 aliphatic carbocycles. The van der Waals surface area contributed by atoms with E-state index in [2.05, 4.69) is 26.6 Å². The molecule has 33 heavy (non-hydrogen) atoms. The molecule has 0 radical (unpaired) electrons. The van der Waals surface area contributed by atoms with Gasteiger partial charge in [0.25, 0.3) is 11.8 Å². The zero-order valence-electron chi connectivity index (χ0n) is 16.9. The highest BCUT2D eigenvalue weighted by Gasteiger charge is 2.13. The Morgan fingerprint density at radius 2 is 1.67 bits per heavy atom. The van der Waals surface area contributed by atoms with Gasteiger partial charge >= 0.3 is 0 Å². The van der Waals surface area contributed by atoms with E-state index in [0.29, 0.717) is 32.2 Å². The molecule has 0 aliphatic rings. The van der Waals surface area contributed by atoms with Crippen LogP contribution in [-0.4, -0.2) is 18.4 Å². The van der Waals surface area contributed by atoms with E-state index >= 15 is 0 Å². The molecule has 2 N–H and O–H groups in total. The number of nitriles is 1. The zero-order valence-corrected chi connectivity index (χ0v) is 19.3. The molecule has 0 bridgehead atoms. The van der Waals surface area contributed by atoms with Crippen molar-refractivity contribution in [1.29, 1.82) is 5.26 Å². The van der Waals surface area contributed by atoms with E-state index in [1.807, 2.05) is 6.07 Å². The van der Waals surface area contributed by atoms with E-state index < -0.39 is 17.6 Å². The maximum absolute atomic E-state index is 13.1. The Labute approximate surface area is 202 Å². The van der Waals surface area contributed by atoms with E-state index in [1.165, 1.54) is 30.3 Å². The van der Waals surface area contributed by atoms with Crippen molar-refractivity contribution < 1.29 is 18.7 Å². The third kappa shape index (κ3) is 7.17.